The maximum Gasteiger partial charge on any atom is 0.119 e. The molecule has 2 fully saturated rings. The van der Waals surface area contributed by atoms with Gasteiger partial charge < -0.3 is 10.1 Å². The van der Waals surface area contributed by atoms with E-state index in [1.165, 1.54) is 37.8 Å². The number of ether oxygens (including phenoxy) is 1. The van der Waals surface area contributed by atoms with Crippen molar-refractivity contribution in [2.45, 2.75) is 57.7 Å². The molecule has 3 heteroatoms. The van der Waals surface area contributed by atoms with E-state index in [0.29, 0.717) is 5.54 Å². The second-order valence-corrected chi connectivity index (χ2v) is 7.05. The molecule has 116 valence electrons. The number of benzene rings is 1. The van der Waals surface area contributed by atoms with E-state index in [0.717, 1.165) is 31.5 Å². The molecule has 1 saturated heterocycles. The highest BCUT2D eigenvalue weighted by molar-refractivity contribution is 5.27. The van der Waals surface area contributed by atoms with Crippen LogP contribution < -0.4 is 10.1 Å². The highest BCUT2D eigenvalue weighted by Gasteiger charge is 2.31. The molecule has 0 aromatic heterocycles. The standard InChI is InChI=1S/C18H28N2O/c1-18(2)10-3-11-20(18)12-13-21-17-8-4-15(5-9-17)14-19-16-6-7-16/h4-5,8-9,16,19H,3,6-7,10-14H2,1-2H3. The van der Waals surface area contributed by atoms with Crippen LogP contribution in [0.4, 0.5) is 0 Å². The Hall–Kier alpha value is -1.06. The zero-order valence-corrected chi connectivity index (χ0v) is 13.4. The number of rotatable bonds is 7. The van der Waals surface area contributed by atoms with Crippen LogP contribution in [0.1, 0.15) is 45.1 Å². The van der Waals surface area contributed by atoms with Crippen molar-refractivity contribution in [1.82, 2.24) is 10.2 Å². The van der Waals surface area contributed by atoms with E-state index in [1.54, 1.807) is 0 Å². The summed E-state index contributed by atoms with van der Waals surface area (Å²) in [7, 11) is 0. The van der Waals surface area contributed by atoms with E-state index >= 15 is 0 Å². The fraction of sp³-hybridized carbons (Fsp3) is 0.667. The van der Waals surface area contributed by atoms with E-state index in [1.807, 2.05) is 0 Å². The smallest absolute Gasteiger partial charge is 0.119 e. The molecule has 0 bridgehead atoms. The SMILES string of the molecule is CC1(C)CCCN1CCOc1ccc(CNC2CC2)cc1. The summed E-state index contributed by atoms with van der Waals surface area (Å²) in [6, 6.07) is 9.30. The monoisotopic (exact) mass is 288 g/mol. The summed E-state index contributed by atoms with van der Waals surface area (Å²) in [5, 5.41) is 3.53. The number of nitrogens with zero attached hydrogens (tertiary/aromatic N) is 1. The summed E-state index contributed by atoms with van der Waals surface area (Å²) >= 11 is 0. The lowest BCUT2D eigenvalue weighted by Crippen LogP contribution is -2.40. The topological polar surface area (TPSA) is 24.5 Å². The average Bonchev–Trinajstić information content (AvgIpc) is 3.23. The van der Waals surface area contributed by atoms with E-state index in [9.17, 15) is 0 Å². The minimum absolute atomic E-state index is 0.349. The zero-order valence-electron chi connectivity index (χ0n) is 13.4. The normalized spacial score (nSPS) is 21.6. The third-order valence-electron chi connectivity index (χ3n) is 4.80. The molecule has 1 aromatic carbocycles. The van der Waals surface area contributed by atoms with Gasteiger partial charge in [0.1, 0.15) is 12.4 Å². The zero-order chi connectivity index (χ0) is 14.7. The second kappa shape index (κ2) is 6.37. The van der Waals surface area contributed by atoms with E-state index in [-0.39, 0.29) is 0 Å². The molecule has 0 radical (unpaired) electrons. The molecule has 1 aliphatic heterocycles. The lowest BCUT2D eigenvalue weighted by molar-refractivity contribution is 0.143. The second-order valence-electron chi connectivity index (χ2n) is 7.05. The van der Waals surface area contributed by atoms with Gasteiger partial charge in [-0.2, -0.15) is 0 Å². The first-order valence-corrected chi connectivity index (χ1v) is 8.34. The first kappa shape index (κ1) is 14.9. The summed E-state index contributed by atoms with van der Waals surface area (Å²) in [4.78, 5) is 2.54. The van der Waals surface area contributed by atoms with Crippen LogP contribution in [0.5, 0.6) is 5.75 Å². The van der Waals surface area contributed by atoms with Gasteiger partial charge >= 0.3 is 0 Å². The molecule has 0 atom stereocenters. The summed E-state index contributed by atoms with van der Waals surface area (Å²) in [6.45, 7) is 8.67. The minimum Gasteiger partial charge on any atom is -0.492 e. The van der Waals surface area contributed by atoms with Crippen molar-refractivity contribution in [3.63, 3.8) is 0 Å². The molecule has 0 amide bonds. The largest absolute Gasteiger partial charge is 0.492 e. The number of hydrogen-bond donors (Lipinski definition) is 1. The number of likely N-dealkylation sites (tertiary alicyclic amines) is 1. The van der Waals surface area contributed by atoms with Gasteiger partial charge in [0.05, 0.1) is 0 Å². The molecule has 1 N–H and O–H groups in total. The van der Waals surface area contributed by atoms with Gasteiger partial charge in [-0.3, -0.25) is 4.90 Å². The third-order valence-corrected chi connectivity index (χ3v) is 4.80. The molecular weight excluding hydrogens is 260 g/mol. The van der Waals surface area contributed by atoms with Gasteiger partial charge in [0.2, 0.25) is 0 Å². The molecule has 0 spiro atoms. The van der Waals surface area contributed by atoms with Crippen LogP contribution in [0.2, 0.25) is 0 Å². The van der Waals surface area contributed by atoms with Crippen molar-refractivity contribution in [2.75, 3.05) is 19.7 Å². The summed E-state index contributed by atoms with van der Waals surface area (Å²) < 4.78 is 5.89. The Kier molecular flexibility index (Phi) is 4.51. The van der Waals surface area contributed by atoms with Crippen LogP contribution in [0.3, 0.4) is 0 Å². The first-order valence-electron chi connectivity index (χ1n) is 8.34. The summed E-state index contributed by atoms with van der Waals surface area (Å²) in [6.07, 6.45) is 5.30. The molecule has 2 aliphatic rings. The molecule has 0 unspecified atom stereocenters. The molecule has 21 heavy (non-hydrogen) atoms. The molecule has 1 saturated carbocycles. The van der Waals surface area contributed by atoms with E-state index in [4.69, 9.17) is 4.74 Å². The predicted octanol–water partition coefficient (Wildman–Crippen LogP) is 3.19. The van der Waals surface area contributed by atoms with Crippen molar-refractivity contribution in [1.29, 1.82) is 0 Å². The van der Waals surface area contributed by atoms with Crippen LogP contribution in [0.25, 0.3) is 0 Å². The maximum absolute atomic E-state index is 5.89. The molecule has 1 aromatic rings. The van der Waals surface area contributed by atoms with Gasteiger partial charge in [-0.25, -0.2) is 0 Å². The van der Waals surface area contributed by atoms with Gasteiger partial charge in [-0.15, -0.1) is 0 Å². The van der Waals surface area contributed by atoms with Gasteiger partial charge in [-0.1, -0.05) is 12.1 Å². The van der Waals surface area contributed by atoms with Crippen LogP contribution >= 0.6 is 0 Å². The Morgan fingerprint density at radius 1 is 1.24 bits per heavy atom. The van der Waals surface area contributed by atoms with E-state index in [2.05, 4.69) is 48.3 Å². The average molecular weight is 288 g/mol. The highest BCUT2D eigenvalue weighted by Crippen LogP contribution is 2.27. The van der Waals surface area contributed by atoms with E-state index < -0.39 is 0 Å². The lowest BCUT2D eigenvalue weighted by atomic mass is 10.0. The van der Waals surface area contributed by atoms with Gasteiger partial charge in [0.15, 0.2) is 0 Å². The van der Waals surface area contributed by atoms with Gasteiger partial charge in [0, 0.05) is 24.7 Å². The Labute approximate surface area is 128 Å². The predicted molar refractivity (Wildman–Crippen MR) is 86.7 cm³/mol. The van der Waals surface area contributed by atoms with Crippen LogP contribution in [0, 0.1) is 0 Å². The fourth-order valence-corrected chi connectivity index (χ4v) is 3.10. The maximum atomic E-state index is 5.89. The van der Waals surface area contributed by atoms with Crippen LogP contribution in [-0.4, -0.2) is 36.2 Å². The minimum atomic E-state index is 0.349. The first-order chi connectivity index (χ1) is 10.1. The van der Waals surface area contributed by atoms with Crippen LogP contribution in [-0.2, 0) is 6.54 Å². The molecule has 1 aliphatic carbocycles. The van der Waals surface area contributed by atoms with Gasteiger partial charge in [0.25, 0.3) is 0 Å². The fourth-order valence-electron chi connectivity index (χ4n) is 3.10. The van der Waals surface area contributed by atoms with Crippen molar-refractivity contribution < 1.29 is 4.74 Å². The Balaban J connectivity index is 1.40. The third kappa shape index (κ3) is 4.21. The van der Waals surface area contributed by atoms with Crippen molar-refractivity contribution in [2.24, 2.45) is 0 Å². The molecule has 3 rings (SSSR count). The van der Waals surface area contributed by atoms with Crippen molar-refractivity contribution >= 4 is 0 Å². The van der Waals surface area contributed by atoms with Crippen molar-refractivity contribution in [3.05, 3.63) is 29.8 Å². The van der Waals surface area contributed by atoms with Gasteiger partial charge in [-0.05, 0) is 63.8 Å². The quantitative estimate of drug-likeness (QED) is 0.834. The van der Waals surface area contributed by atoms with Crippen LogP contribution in [0.15, 0.2) is 24.3 Å². The number of hydrogen-bond acceptors (Lipinski definition) is 3. The summed E-state index contributed by atoms with van der Waals surface area (Å²) in [5.41, 5.74) is 1.69. The highest BCUT2D eigenvalue weighted by atomic mass is 16.5. The lowest BCUT2D eigenvalue weighted by Gasteiger charge is -2.31. The molecule has 1 heterocycles. The van der Waals surface area contributed by atoms with Crippen molar-refractivity contribution in [3.8, 4) is 5.75 Å². The molecular formula is C18H28N2O. The molecule has 3 nitrogen and oxygen atoms in total. The number of nitrogens with one attached hydrogen (secondary N) is 1. The Bertz CT molecular complexity index is 451. The Morgan fingerprint density at radius 3 is 2.62 bits per heavy atom. The Morgan fingerprint density at radius 2 is 2.00 bits per heavy atom. The summed E-state index contributed by atoms with van der Waals surface area (Å²) in [5.74, 6) is 0.988.